The molecule has 1 amide bonds. The first-order chi connectivity index (χ1) is 12.0. The van der Waals surface area contributed by atoms with E-state index in [0.29, 0.717) is 20.9 Å². The van der Waals surface area contributed by atoms with Crippen LogP contribution < -0.4 is 17.0 Å². The van der Waals surface area contributed by atoms with E-state index < -0.39 is 11.6 Å². The number of halogens is 1. The van der Waals surface area contributed by atoms with E-state index in [1.54, 1.807) is 24.3 Å². The minimum absolute atomic E-state index is 0.268. The zero-order chi connectivity index (χ0) is 17.7. The van der Waals surface area contributed by atoms with Crippen molar-refractivity contribution in [2.75, 3.05) is 0 Å². The molecular formula is C17H14ClN3O3S. The maximum absolute atomic E-state index is 13.1. The van der Waals surface area contributed by atoms with Gasteiger partial charge in [0.25, 0.3) is 5.56 Å². The van der Waals surface area contributed by atoms with Crippen molar-refractivity contribution in [1.29, 1.82) is 0 Å². The standard InChI is InChI=1S/C17H14ClN3O3S/c18-9-3-1-4-10(7-9)21-15(23)14-11-5-2-6-12(11)25-16(14)20(17(21)24)8-13(19)22/h1,3-4,7H,2,5-6,8H2,(H2,19,22). The Kier molecular flexibility index (Phi) is 3.77. The molecule has 0 saturated carbocycles. The summed E-state index contributed by atoms with van der Waals surface area (Å²) in [5, 5.41) is 0.930. The SMILES string of the molecule is NC(=O)Cn1c(=O)n(-c2cccc(Cl)c2)c(=O)c2c3c(sc21)CCC3. The molecule has 2 heterocycles. The topological polar surface area (TPSA) is 87.1 Å². The Labute approximate surface area is 151 Å². The predicted octanol–water partition coefficient (Wildman–Crippen LogP) is 1.84. The smallest absolute Gasteiger partial charge is 0.337 e. The van der Waals surface area contributed by atoms with Gasteiger partial charge in [-0.05, 0) is 43.0 Å². The second-order valence-electron chi connectivity index (χ2n) is 5.99. The number of nitrogens with zero attached hydrogens (tertiary/aromatic N) is 2. The highest BCUT2D eigenvalue weighted by Gasteiger charge is 2.25. The summed E-state index contributed by atoms with van der Waals surface area (Å²) in [7, 11) is 0. The molecule has 2 N–H and O–H groups in total. The molecule has 0 bridgehead atoms. The van der Waals surface area contributed by atoms with Gasteiger partial charge in [-0.3, -0.25) is 14.2 Å². The maximum Gasteiger partial charge on any atom is 0.337 e. The van der Waals surface area contributed by atoms with E-state index in [1.807, 2.05) is 0 Å². The number of hydrogen-bond donors (Lipinski definition) is 1. The van der Waals surface area contributed by atoms with Crippen LogP contribution in [-0.4, -0.2) is 15.0 Å². The van der Waals surface area contributed by atoms with Crippen molar-refractivity contribution in [1.82, 2.24) is 9.13 Å². The van der Waals surface area contributed by atoms with Crippen molar-refractivity contribution in [3.8, 4) is 5.69 Å². The van der Waals surface area contributed by atoms with Crippen LogP contribution in [0.25, 0.3) is 15.9 Å². The summed E-state index contributed by atoms with van der Waals surface area (Å²) in [6.07, 6.45) is 2.67. The summed E-state index contributed by atoms with van der Waals surface area (Å²) < 4.78 is 2.37. The fourth-order valence-electron chi connectivity index (χ4n) is 3.34. The molecule has 0 fully saturated rings. The van der Waals surface area contributed by atoms with Crippen molar-refractivity contribution >= 4 is 39.1 Å². The summed E-state index contributed by atoms with van der Waals surface area (Å²) in [6, 6.07) is 6.53. The third-order valence-corrected chi connectivity index (χ3v) is 5.92. The number of thiophene rings is 1. The van der Waals surface area contributed by atoms with Crippen LogP contribution in [0.1, 0.15) is 16.9 Å². The molecule has 25 heavy (non-hydrogen) atoms. The predicted molar refractivity (Wildman–Crippen MR) is 97.9 cm³/mol. The van der Waals surface area contributed by atoms with Crippen LogP contribution in [0.5, 0.6) is 0 Å². The Bertz CT molecular complexity index is 1140. The summed E-state index contributed by atoms with van der Waals surface area (Å²) in [5.41, 5.74) is 5.73. The zero-order valence-electron chi connectivity index (χ0n) is 13.1. The summed E-state index contributed by atoms with van der Waals surface area (Å²) in [6.45, 7) is -0.268. The Hall–Kier alpha value is -2.38. The van der Waals surface area contributed by atoms with Crippen LogP contribution >= 0.6 is 22.9 Å². The Morgan fingerprint density at radius 3 is 2.80 bits per heavy atom. The van der Waals surface area contributed by atoms with Gasteiger partial charge in [-0.15, -0.1) is 11.3 Å². The largest absolute Gasteiger partial charge is 0.368 e. The molecule has 1 aliphatic carbocycles. The number of aromatic nitrogens is 2. The van der Waals surface area contributed by atoms with Crippen molar-refractivity contribution < 1.29 is 4.79 Å². The molecule has 0 radical (unpaired) electrons. The number of nitrogens with two attached hydrogens (primary N) is 1. The van der Waals surface area contributed by atoms with Crippen LogP contribution in [0.15, 0.2) is 33.9 Å². The molecule has 2 aromatic heterocycles. The number of amides is 1. The molecule has 128 valence electrons. The Morgan fingerprint density at radius 2 is 2.08 bits per heavy atom. The number of aryl methyl sites for hydroxylation is 2. The summed E-state index contributed by atoms with van der Waals surface area (Å²) in [4.78, 5) is 39.2. The first-order valence-corrected chi connectivity index (χ1v) is 9.01. The highest BCUT2D eigenvalue weighted by atomic mass is 35.5. The lowest BCUT2D eigenvalue weighted by Crippen LogP contribution is -2.40. The van der Waals surface area contributed by atoms with E-state index in [0.717, 1.165) is 34.3 Å². The monoisotopic (exact) mass is 375 g/mol. The average Bonchev–Trinajstić information content (AvgIpc) is 3.12. The molecule has 1 aromatic carbocycles. The normalized spacial score (nSPS) is 13.3. The number of hydrogen-bond acceptors (Lipinski definition) is 4. The number of carbonyl (C=O) groups is 1. The first kappa shape index (κ1) is 16.1. The minimum Gasteiger partial charge on any atom is -0.368 e. The molecule has 0 atom stereocenters. The first-order valence-electron chi connectivity index (χ1n) is 7.81. The Balaban J connectivity index is 2.15. The number of fused-ring (bicyclic) bond motifs is 3. The molecule has 8 heteroatoms. The quantitative estimate of drug-likeness (QED) is 0.757. The van der Waals surface area contributed by atoms with Gasteiger partial charge in [-0.25, -0.2) is 9.36 Å². The van der Waals surface area contributed by atoms with Crippen molar-refractivity contribution in [3.05, 3.63) is 60.6 Å². The molecule has 0 saturated heterocycles. The fourth-order valence-corrected chi connectivity index (χ4v) is 4.90. The van der Waals surface area contributed by atoms with E-state index >= 15 is 0 Å². The van der Waals surface area contributed by atoms with Gasteiger partial charge < -0.3 is 5.73 Å². The number of rotatable bonds is 3. The van der Waals surface area contributed by atoms with E-state index in [-0.39, 0.29) is 12.1 Å². The third-order valence-electron chi connectivity index (χ3n) is 4.37. The van der Waals surface area contributed by atoms with E-state index in [9.17, 15) is 14.4 Å². The second kappa shape index (κ2) is 5.86. The average molecular weight is 376 g/mol. The van der Waals surface area contributed by atoms with Gasteiger partial charge in [0, 0.05) is 9.90 Å². The van der Waals surface area contributed by atoms with Crippen LogP contribution in [0.3, 0.4) is 0 Å². The zero-order valence-corrected chi connectivity index (χ0v) is 14.7. The van der Waals surface area contributed by atoms with Crippen molar-refractivity contribution in [2.24, 2.45) is 5.73 Å². The molecule has 4 rings (SSSR count). The second-order valence-corrected chi connectivity index (χ2v) is 7.51. The van der Waals surface area contributed by atoms with E-state index in [1.165, 1.54) is 15.9 Å². The number of carbonyl (C=O) groups excluding carboxylic acids is 1. The molecule has 0 spiro atoms. The fraction of sp³-hybridized carbons (Fsp3) is 0.235. The van der Waals surface area contributed by atoms with E-state index in [4.69, 9.17) is 17.3 Å². The number of primary amides is 1. The summed E-state index contributed by atoms with van der Waals surface area (Å²) >= 11 is 7.42. The van der Waals surface area contributed by atoms with Gasteiger partial charge in [0.2, 0.25) is 5.91 Å². The lowest BCUT2D eigenvalue weighted by molar-refractivity contribution is -0.118. The van der Waals surface area contributed by atoms with Gasteiger partial charge in [-0.1, -0.05) is 17.7 Å². The Morgan fingerprint density at radius 1 is 1.28 bits per heavy atom. The maximum atomic E-state index is 13.1. The van der Waals surface area contributed by atoms with Crippen LogP contribution in [0, 0.1) is 0 Å². The van der Waals surface area contributed by atoms with Gasteiger partial charge in [0.1, 0.15) is 11.4 Å². The van der Waals surface area contributed by atoms with Gasteiger partial charge in [-0.2, -0.15) is 0 Å². The van der Waals surface area contributed by atoms with E-state index in [2.05, 4.69) is 0 Å². The molecule has 3 aromatic rings. The van der Waals surface area contributed by atoms with Crippen LogP contribution in [-0.2, 0) is 24.2 Å². The number of benzene rings is 1. The van der Waals surface area contributed by atoms with Crippen molar-refractivity contribution in [3.63, 3.8) is 0 Å². The highest BCUT2D eigenvalue weighted by Crippen LogP contribution is 2.35. The van der Waals surface area contributed by atoms with Crippen LogP contribution in [0.2, 0.25) is 5.02 Å². The minimum atomic E-state index is -0.631. The van der Waals surface area contributed by atoms with Gasteiger partial charge in [0.15, 0.2) is 0 Å². The van der Waals surface area contributed by atoms with Gasteiger partial charge in [0.05, 0.1) is 11.1 Å². The van der Waals surface area contributed by atoms with Crippen molar-refractivity contribution in [2.45, 2.75) is 25.8 Å². The van der Waals surface area contributed by atoms with Gasteiger partial charge >= 0.3 is 5.69 Å². The summed E-state index contributed by atoms with van der Waals surface area (Å²) in [5.74, 6) is -0.631. The van der Waals surface area contributed by atoms with Crippen LogP contribution in [0.4, 0.5) is 0 Å². The third kappa shape index (κ3) is 2.51. The molecule has 6 nitrogen and oxygen atoms in total. The molecule has 1 aliphatic rings. The lowest BCUT2D eigenvalue weighted by Gasteiger charge is -2.11. The molecule has 0 aliphatic heterocycles. The lowest BCUT2D eigenvalue weighted by atomic mass is 10.2. The highest BCUT2D eigenvalue weighted by molar-refractivity contribution is 7.19. The molecule has 0 unspecified atom stereocenters. The molecular weight excluding hydrogens is 362 g/mol.